The summed E-state index contributed by atoms with van der Waals surface area (Å²) in [6.45, 7) is 10.7. The topological polar surface area (TPSA) is 56.6 Å². The number of amides is 1. The monoisotopic (exact) mass is 367 g/mol. The molecule has 142 valence electrons. The number of imidazole rings is 1. The van der Waals surface area contributed by atoms with Crippen LogP contribution in [0.3, 0.4) is 0 Å². The molecule has 0 unspecified atom stereocenters. The van der Waals surface area contributed by atoms with Crippen molar-refractivity contribution in [2.75, 3.05) is 7.05 Å². The summed E-state index contributed by atoms with van der Waals surface area (Å²) in [4.78, 5) is 19.3. The highest BCUT2D eigenvalue weighted by molar-refractivity contribution is 6.62. The summed E-state index contributed by atoms with van der Waals surface area (Å²) >= 11 is 0. The lowest BCUT2D eigenvalue weighted by Crippen LogP contribution is -2.41. The Balaban J connectivity index is 1.82. The van der Waals surface area contributed by atoms with Crippen molar-refractivity contribution < 1.29 is 14.1 Å². The van der Waals surface area contributed by atoms with E-state index in [0.29, 0.717) is 12.1 Å². The van der Waals surface area contributed by atoms with E-state index in [9.17, 15) is 4.79 Å². The zero-order valence-corrected chi connectivity index (χ0v) is 16.9. The quantitative estimate of drug-likeness (QED) is 0.765. The maximum Gasteiger partial charge on any atom is 0.494 e. The van der Waals surface area contributed by atoms with Crippen LogP contribution in [0.4, 0.5) is 0 Å². The second-order valence-corrected chi connectivity index (χ2v) is 8.38. The van der Waals surface area contributed by atoms with Gasteiger partial charge in [-0.25, -0.2) is 4.98 Å². The van der Waals surface area contributed by atoms with Crippen LogP contribution in [0.5, 0.6) is 0 Å². The molecule has 2 aliphatic heterocycles. The standard InChI is InChI=1S/C20H26BN3O3/c1-7-17-22-11-14-12-23(6)18(25)15-10-13(8-9-16(15)24(14)17)21-26-19(2,3)20(4,5)27-21/h8-11H,7,12H2,1-6H3. The van der Waals surface area contributed by atoms with Gasteiger partial charge < -0.3 is 14.2 Å². The van der Waals surface area contributed by atoms with Crippen LogP contribution in [0.25, 0.3) is 5.69 Å². The minimum atomic E-state index is -0.491. The van der Waals surface area contributed by atoms with Crippen LogP contribution in [-0.4, -0.2) is 45.7 Å². The molecular weight excluding hydrogens is 341 g/mol. The first-order valence-corrected chi connectivity index (χ1v) is 9.45. The van der Waals surface area contributed by atoms with Crippen LogP contribution in [0.2, 0.25) is 0 Å². The maximum absolute atomic E-state index is 13.0. The number of rotatable bonds is 2. The van der Waals surface area contributed by atoms with Crippen LogP contribution in [0.15, 0.2) is 24.4 Å². The third-order valence-corrected chi connectivity index (χ3v) is 5.99. The van der Waals surface area contributed by atoms with Gasteiger partial charge in [0.25, 0.3) is 5.91 Å². The normalized spacial score (nSPS) is 20.4. The fourth-order valence-electron chi connectivity index (χ4n) is 3.65. The van der Waals surface area contributed by atoms with Gasteiger partial charge in [0.05, 0.1) is 40.9 Å². The molecule has 0 aliphatic carbocycles. The van der Waals surface area contributed by atoms with Crippen molar-refractivity contribution >= 4 is 18.5 Å². The highest BCUT2D eigenvalue weighted by Crippen LogP contribution is 2.37. The predicted octanol–water partition coefficient (Wildman–Crippen LogP) is 2.32. The summed E-state index contributed by atoms with van der Waals surface area (Å²) in [5.41, 5.74) is 2.56. The van der Waals surface area contributed by atoms with Gasteiger partial charge in [-0.3, -0.25) is 9.36 Å². The van der Waals surface area contributed by atoms with Crippen molar-refractivity contribution in [1.29, 1.82) is 0 Å². The minimum absolute atomic E-state index is 0.00544. The Hall–Kier alpha value is -2.12. The molecule has 27 heavy (non-hydrogen) atoms. The van der Waals surface area contributed by atoms with Gasteiger partial charge in [0.15, 0.2) is 0 Å². The summed E-state index contributed by atoms with van der Waals surface area (Å²) in [6, 6.07) is 5.88. The van der Waals surface area contributed by atoms with Crippen LogP contribution < -0.4 is 5.46 Å². The van der Waals surface area contributed by atoms with E-state index in [1.807, 2.05) is 59.1 Å². The highest BCUT2D eigenvalue weighted by atomic mass is 16.7. The fourth-order valence-corrected chi connectivity index (χ4v) is 3.65. The molecule has 1 aromatic heterocycles. The number of aryl methyl sites for hydroxylation is 1. The van der Waals surface area contributed by atoms with Crippen LogP contribution in [-0.2, 0) is 22.3 Å². The molecular formula is C20H26BN3O3. The lowest BCUT2D eigenvalue weighted by Gasteiger charge is -2.32. The molecule has 3 heterocycles. The lowest BCUT2D eigenvalue weighted by molar-refractivity contribution is 0.00578. The maximum atomic E-state index is 13.0. The molecule has 2 aliphatic rings. The Kier molecular flexibility index (Phi) is 4.02. The van der Waals surface area contributed by atoms with E-state index in [0.717, 1.165) is 29.1 Å². The van der Waals surface area contributed by atoms with Gasteiger partial charge >= 0.3 is 7.12 Å². The minimum Gasteiger partial charge on any atom is -0.399 e. The third-order valence-electron chi connectivity index (χ3n) is 5.99. The Labute approximate surface area is 160 Å². The third kappa shape index (κ3) is 2.72. The number of carbonyl (C=O) groups is 1. The average Bonchev–Trinajstić information content (AvgIpc) is 3.07. The molecule has 0 spiro atoms. The van der Waals surface area contributed by atoms with E-state index in [-0.39, 0.29) is 5.91 Å². The Morgan fingerprint density at radius 1 is 1.19 bits per heavy atom. The smallest absolute Gasteiger partial charge is 0.399 e. The lowest BCUT2D eigenvalue weighted by atomic mass is 9.78. The number of nitrogens with zero attached hydrogens (tertiary/aromatic N) is 3. The second-order valence-electron chi connectivity index (χ2n) is 8.38. The summed E-state index contributed by atoms with van der Waals surface area (Å²) in [6.07, 6.45) is 2.66. The van der Waals surface area contributed by atoms with Crippen molar-refractivity contribution in [2.45, 2.75) is 58.8 Å². The van der Waals surface area contributed by atoms with Crippen LogP contribution in [0.1, 0.15) is 56.5 Å². The van der Waals surface area contributed by atoms with Crippen molar-refractivity contribution in [3.63, 3.8) is 0 Å². The van der Waals surface area contributed by atoms with E-state index in [4.69, 9.17) is 9.31 Å². The van der Waals surface area contributed by atoms with Gasteiger partial charge in [-0.1, -0.05) is 13.0 Å². The number of benzene rings is 1. The largest absolute Gasteiger partial charge is 0.494 e. The van der Waals surface area contributed by atoms with Gasteiger partial charge in [-0.2, -0.15) is 0 Å². The molecule has 2 aromatic rings. The highest BCUT2D eigenvalue weighted by Gasteiger charge is 2.51. The number of carbonyl (C=O) groups excluding carboxylic acids is 1. The summed E-state index contributed by atoms with van der Waals surface area (Å²) in [7, 11) is 1.33. The van der Waals surface area contributed by atoms with Crippen molar-refractivity contribution in [2.24, 2.45) is 0 Å². The van der Waals surface area contributed by atoms with Gasteiger partial charge in [-0.15, -0.1) is 0 Å². The number of hydrogen-bond donors (Lipinski definition) is 0. The van der Waals surface area contributed by atoms with E-state index in [1.165, 1.54) is 0 Å². The molecule has 1 fully saturated rings. The molecule has 6 nitrogen and oxygen atoms in total. The zero-order valence-electron chi connectivity index (χ0n) is 16.9. The molecule has 0 bridgehead atoms. The van der Waals surface area contributed by atoms with Crippen LogP contribution >= 0.6 is 0 Å². The van der Waals surface area contributed by atoms with E-state index < -0.39 is 18.3 Å². The average molecular weight is 367 g/mol. The first-order chi connectivity index (χ1) is 12.6. The van der Waals surface area contributed by atoms with E-state index in [1.54, 1.807) is 4.90 Å². The summed E-state index contributed by atoms with van der Waals surface area (Å²) in [5, 5.41) is 0. The number of aromatic nitrogens is 2. The summed E-state index contributed by atoms with van der Waals surface area (Å²) < 4.78 is 14.4. The van der Waals surface area contributed by atoms with Crippen LogP contribution in [0, 0.1) is 0 Å². The van der Waals surface area contributed by atoms with Crippen molar-refractivity contribution in [3.05, 3.63) is 41.5 Å². The molecule has 0 radical (unpaired) electrons. The van der Waals surface area contributed by atoms with Crippen molar-refractivity contribution in [1.82, 2.24) is 14.5 Å². The van der Waals surface area contributed by atoms with Gasteiger partial charge in [0.1, 0.15) is 5.82 Å². The predicted molar refractivity (Wildman–Crippen MR) is 104 cm³/mol. The van der Waals surface area contributed by atoms with Gasteiger partial charge in [0, 0.05) is 13.5 Å². The SMILES string of the molecule is CCc1ncc2n1-c1ccc(B3OC(C)(C)C(C)(C)O3)cc1C(=O)N(C)C2. The van der Waals surface area contributed by atoms with Gasteiger partial charge in [-0.05, 0) is 45.3 Å². The Morgan fingerprint density at radius 3 is 2.48 bits per heavy atom. The molecule has 0 saturated carbocycles. The first-order valence-electron chi connectivity index (χ1n) is 9.45. The molecule has 1 amide bonds. The molecule has 7 heteroatoms. The molecule has 0 N–H and O–H groups in total. The Morgan fingerprint density at radius 2 is 1.85 bits per heavy atom. The molecule has 0 atom stereocenters. The molecule has 1 aromatic carbocycles. The summed E-state index contributed by atoms with van der Waals surface area (Å²) in [5.74, 6) is 0.951. The van der Waals surface area contributed by atoms with Crippen molar-refractivity contribution in [3.8, 4) is 5.69 Å². The first kappa shape index (κ1) is 18.3. The zero-order chi connectivity index (χ0) is 19.6. The van der Waals surface area contributed by atoms with Gasteiger partial charge in [0.2, 0.25) is 0 Å². The Bertz CT molecular complexity index is 903. The second kappa shape index (κ2) is 5.94. The molecule has 1 saturated heterocycles. The molecule has 4 rings (SSSR count). The van der Waals surface area contributed by atoms with E-state index >= 15 is 0 Å². The number of hydrogen-bond acceptors (Lipinski definition) is 4. The van der Waals surface area contributed by atoms with E-state index in [2.05, 4.69) is 16.5 Å². The number of fused-ring (bicyclic) bond motifs is 3. The fraction of sp³-hybridized carbons (Fsp3) is 0.500.